The Labute approximate surface area is 114 Å². The van der Waals surface area contributed by atoms with E-state index in [1.165, 1.54) is 24.3 Å². The first kappa shape index (κ1) is 12.8. The third kappa shape index (κ3) is 2.08. The second-order valence-corrected chi connectivity index (χ2v) is 4.76. The maximum atomic E-state index is 13.3. The molecule has 0 aliphatic rings. The summed E-state index contributed by atoms with van der Waals surface area (Å²) in [4.78, 5) is 0. The van der Waals surface area contributed by atoms with Gasteiger partial charge in [-0.15, -0.1) is 0 Å². The molecule has 1 aromatic heterocycles. The van der Waals surface area contributed by atoms with E-state index in [1.807, 2.05) is 6.92 Å². The van der Waals surface area contributed by atoms with Gasteiger partial charge >= 0.3 is 0 Å². The summed E-state index contributed by atoms with van der Waals surface area (Å²) in [5.74, 6) is -0.189. The zero-order valence-electron chi connectivity index (χ0n) is 10.9. The summed E-state index contributed by atoms with van der Waals surface area (Å²) in [6.45, 7) is 1.86. The quantitative estimate of drug-likeness (QED) is 0.764. The van der Waals surface area contributed by atoms with Crippen LogP contribution in [0, 0.1) is 18.6 Å². The molecule has 0 aliphatic carbocycles. The SMILES string of the molecule is Cc1c(C(N)c2cccc(F)c2)oc2cc(F)ccc12. The molecule has 102 valence electrons. The Hall–Kier alpha value is -2.20. The summed E-state index contributed by atoms with van der Waals surface area (Å²) in [6.07, 6.45) is 0. The van der Waals surface area contributed by atoms with Crippen LogP contribution < -0.4 is 5.73 Å². The molecule has 3 rings (SSSR count). The molecule has 0 saturated heterocycles. The zero-order chi connectivity index (χ0) is 14.3. The van der Waals surface area contributed by atoms with Gasteiger partial charge in [-0.25, -0.2) is 8.78 Å². The first-order valence-electron chi connectivity index (χ1n) is 6.26. The lowest BCUT2D eigenvalue weighted by molar-refractivity contribution is 0.517. The fourth-order valence-electron chi connectivity index (χ4n) is 2.37. The number of hydrogen-bond donors (Lipinski definition) is 1. The van der Waals surface area contributed by atoms with Crippen LogP contribution in [0.2, 0.25) is 0 Å². The number of hydrogen-bond acceptors (Lipinski definition) is 2. The molecule has 0 spiro atoms. The van der Waals surface area contributed by atoms with Crippen molar-refractivity contribution in [3.8, 4) is 0 Å². The van der Waals surface area contributed by atoms with Gasteiger partial charge in [0.15, 0.2) is 0 Å². The van der Waals surface area contributed by atoms with Gasteiger partial charge < -0.3 is 10.2 Å². The lowest BCUT2D eigenvalue weighted by Crippen LogP contribution is -2.12. The van der Waals surface area contributed by atoms with Crippen molar-refractivity contribution in [2.24, 2.45) is 5.73 Å². The molecule has 0 fully saturated rings. The average molecular weight is 273 g/mol. The first-order valence-corrected chi connectivity index (χ1v) is 6.26. The molecular formula is C16H13F2NO. The summed E-state index contributed by atoms with van der Waals surface area (Å²) in [5, 5.41) is 0.813. The largest absolute Gasteiger partial charge is 0.459 e. The lowest BCUT2D eigenvalue weighted by atomic mass is 10.0. The minimum absolute atomic E-state index is 0.349. The molecule has 0 amide bonds. The predicted molar refractivity (Wildman–Crippen MR) is 73.3 cm³/mol. The van der Waals surface area contributed by atoms with E-state index in [4.69, 9.17) is 10.2 Å². The highest BCUT2D eigenvalue weighted by molar-refractivity contribution is 5.82. The maximum absolute atomic E-state index is 13.3. The topological polar surface area (TPSA) is 39.2 Å². The van der Waals surface area contributed by atoms with Gasteiger partial charge in [-0.1, -0.05) is 12.1 Å². The Kier molecular flexibility index (Phi) is 3.03. The van der Waals surface area contributed by atoms with Crippen molar-refractivity contribution < 1.29 is 13.2 Å². The van der Waals surface area contributed by atoms with Gasteiger partial charge in [0.25, 0.3) is 0 Å². The van der Waals surface area contributed by atoms with Crippen LogP contribution in [0.15, 0.2) is 46.9 Å². The Morgan fingerprint density at radius 1 is 1.05 bits per heavy atom. The van der Waals surface area contributed by atoms with Crippen LogP contribution >= 0.6 is 0 Å². The van der Waals surface area contributed by atoms with Crippen LogP contribution in [-0.4, -0.2) is 0 Å². The van der Waals surface area contributed by atoms with Crippen LogP contribution in [-0.2, 0) is 0 Å². The lowest BCUT2D eigenvalue weighted by Gasteiger charge is -2.10. The molecule has 1 heterocycles. The van der Waals surface area contributed by atoms with Gasteiger partial charge in [0.2, 0.25) is 0 Å². The molecular weight excluding hydrogens is 260 g/mol. The zero-order valence-corrected chi connectivity index (χ0v) is 10.9. The summed E-state index contributed by atoms with van der Waals surface area (Å²) < 4.78 is 32.1. The average Bonchev–Trinajstić information content (AvgIpc) is 2.74. The highest BCUT2D eigenvalue weighted by Gasteiger charge is 2.19. The molecule has 0 radical (unpaired) electrons. The van der Waals surface area contributed by atoms with Crippen molar-refractivity contribution in [1.29, 1.82) is 0 Å². The van der Waals surface area contributed by atoms with E-state index in [1.54, 1.807) is 18.2 Å². The van der Waals surface area contributed by atoms with E-state index in [0.29, 0.717) is 16.9 Å². The second kappa shape index (κ2) is 4.72. The van der Waals surface area contributed by atoms with Crippen molar-refractivity contribution in [3.05, 3.63) is 71.0 Å². The van der Waals surface area contributed by atoms with Crippen molar-refractivity contribution in [2.45, 2.75) is 13.0 Å². The summed E-state index contributed by atoms with van der Waals surface area (Å²) in [7, 11) is 0. The fourth-order valence-corrected chi connectivity index (χ4v) is 2.37. The first-order chi connectivity index (χ1) is 9.56. The van der Waals surface area contributed by atoms with Crippen molar-refractivity contribution in [1.82, 2.24) is 0 Å². The van der Waals surface area contributed by atoms with Gasteiger partial charge in [-0.3, -0.25) is 0 Å². The Bertz CT molecular complexity index is 779. The number of aryl methyl sites for hydroxylation is 1. The highest BCUT2D eigenvalue weighted by Crippen LogP contribution is 2.31. The van der Waals surface area contributed by atoms with Crippen LogP contribution in [0.1, 0.15) is 22.9 Å². The molecule has 2 aromatic carbocycles. The molecule has 20 heavy (non-hydrogen) atoms. The molecule has 2 nitrogen and oxygen atoms in total. The van der Waals surface area contributed by atoms with Gasteiger partial charge in [-0.05, 0) is 36.8 Å². The maximum Gasteiger partial charge on any atom is 0.137 e. The molecule has 2 N–H and O–H groups in total. The van der Waals surface area contributed by atoms with E-state index in [0.717, 1.165) is 10.9 Å². The van der Waals surface area contributed by atoms with E-state index in [-0.39, 0.29) is 11.6 Å². The third-order valence-electron chi connectivity index (χ3n) is 3.43. The number of fused-ring (bicyclic) bond motifs is 1. The van der Waals surface area contributed by atoms with Crippen molar-refractivity contribution in [2.75, 3.05) is 0 Å². The standard InChI is InChI=1S/C16H13F2NO/c1-9-13-6-5-12(18)8-14(13)20-16(9)15(19)10-3-2-4-11(17)7-10/h2-8,15H,19H2,1H3. The van der Waals surface area contributed by atoms with E-state index < -0.39 is 6.04 Å². The van der Waals surface area contributed by atoms with Gasteiger partial charge in [0, 0.05) is 17.0 Å². The molecule has 0 aliphatic heterocycles. The monoisotopic (exact) mass is 273 g/mol. The number of nitrogens with two attached hydrogens (primary N) is 1. The Balaban J connectivity index is 2.12. The number of benzene rings is 2. The smallest absolute Gasteiger partial charge is 0.137 e. The van der Waals surface area contributed by atoms with Crippen LogP contribution in [0.4, 0.5) is 8.78 Å². The Morgan fingerprint density at radius 3 is 2.55 bits per heavy atom. The number of rotatable bonds is 2. The molecule has 0 saturated carbocycles. The van der Waals surface area contributed by atoms with Crippen LogP contribution in [0.5, 0.6) is 0 Å². The normalized spacial score (nSPS) is 12.8. The summed E-state index contributed by atoms with van der Waals surface area (Å²) in [6, 6.07) is 9.84. The van der Waals surface area contributed by atoms with Gasteiger partial charge in [0.1, 0.15) is 23.0 Å². The minimum Gasteiger partial charge on any atom is -0.459 e. The molecule has 4 heteroatoms. The molecule has 0 bridgehead atoms. The number of halogens is 2. The summed E-state index contributed by atoms with van der Waals surface area (Å²) in [5.41, 5.74) is 8.04. The van der Waals surface area contributed by atoms with E-state index >= 15 is 0 Å². The van der Waals surface area contributed by atoms with Crippen LogP contribution in [0.25, 0.3) is 11.0 Å². The van der Waals surface area contributed by atoms with Gasteiger partial charge in [-0.2, -0.15) is 0 Å². The van der Waals surface area contributed by atoms with Crippen LogP contribution in [0.3, 0.4) is 0 Å². The molecule has 3 aromatic rings. The van der Waals surface area contributed by atoms with E-state index in [9.17, 15) is 8.78 Å². The minimum atomic E-state index is -0.582. The Morgan fingerprint density at radius 2 is 1.80 bits per heavy atom. The van der Waals surface area contributed by atoms with Crippen molar-refractivity contribution in [3.63, 3.8) is 0 Å². The molecule has 1 atom stereocenters. The summed E-state index contributed by atoms with van der Waals surface area (Å²) >= 11 is 0. The second-order valence-electron chi connectivity index (χ2n) is 4.76. The molecule has 1 unspecified atom stereocenters. The van der Waals surface area contributed by atoms with E-state index in [2.05, 4.69) is 0 Å². The number of furan rings is 1. The van der Waals surface area contributed by atoms with Crippen molar-refractivity contribution >= 4 is 11.0 Å². The van der Waals surface area contributed by atoms with Gasteiger partial charge in [0.05, 0.1) is 6.04 Å². The fraction of sp³-hybridized carbons (Fsp3) is 0.125. The third-order valence-corrected chi connectivity index (χ3v) is 3.43. The predicted octanol–water partition coefficient (Wildman–Crippen LogP) is 4.07. The highest BCUT2D eigenvalue weighted by atomic mass is 19.1.